The van der Waals surface area contributed by atoms with Crippen molar-refractivity contribution < 1.29 is 23.5 Å². The molecule has 0 aromatic heterocycles. The molecule has 3 aromatic rings. The maximum atomic E-state index is 13.2. The molecular formula is C26H25ClFN3O4. The summed E-state index contributed by atoms with van der Waals surface area (Å²) in [5.74, 6) is -0.323. The summed E-state index contributed by atoms with van der Waals surface area (Å²) < 4.78 is 24.8. The van der Waals surface area contributed by atoms with Crippen molar-refractivity contribution in [2.75, 3.05) is 23.5 Å². The van der Waals surface area contributed by atoms with Crippen molar-refractivity contribution in [1.29, 1.82) is 0 Å². The first kappa shape index (κ1) is 24.3. The molecule has 1 atom stereocenters. The molecule has 0 saturated carbocycles. The van der Waals surface area contributed by atoms with Gasteiger partial charge in [0.1, 0.15) is 12.4 Å². The highest BCUT2D eigenvalue weighted by molar-refractivity contribution is 6.30. The van der Waals surface area contributed by atoms with Gasteiger partial charge in [0.25, 0.3) is 0 Å². The van der Waals surface area contributed by atoms with Crippen LogP contribution in [0.2, 0.25) is 5.02 Å². The standard InChI is InChI=1S/C26H25ClFN3O4/c1-2-34-24-14-21(9-12-23(24)35-16-17-3-5-19(27)6-4-17)29-30-26(33)18-13-25(32)31(15-18)22-10-7-20(28)8-11-22/h3-12,14,18,29H,2,13,15-16H2,1H3,(H,30,33)/t18-/m0/s1. The van der Waals surface area contributed by atoms with Gasteiger partial charge in [-0.25, -0.2) is 4.39 Å². The van der Waals surface area contributed by atoms with Gasteiger partial charge in [-0.1, -0.05) is 23.7 Å². The third-order valence-corrected chi connectivity index (χ3v) is 5.77. The summed E-state index contributed by atoms with van der Waals surface area (Å²) in [7, 11) is 0. The van der Waals surface area contributed by atoms with E-state index < -0.39 is 5.92 Å². The van der Waals surface area contributed by atoms with Gasteiger partial charge in [-0.15, -0.1) is 0 Å². The number of halogens is 2. The quantitative estimate of drug-likeness (QED) is 0.409. The van der Waals surface area contributed by atoms with Crippen LogP contribution in [0.3, 0.4) is 0 Å². The summed E-state index contributed by atoms with van der Waals surface area (Å²) in [6.07, 6.45) is 0.0760. The SMILES string of the molecule is CCOc1cc(NNC(=O)[C@H]2CC(=O)N(c3ccc(F)cc3)C2)ccc1OCc1ccc(Cl)cc1. The summed E-state index contributed by atoms with van der Waals surface area (Å²) in [6, 6.07) is 18.2. The number of nitrogens with one attached hydrogen (secondary N) is 2. The van der Waals surface area contributed by atoms with E-state index in [-0.39, 0.29) is 30.6 Å². The van der Waals surface area contributed by atoms with Gasteiger partial charge in [0.2, 0.25) is 11.8 Å². The zero-order valence-corrected chi connectivity index (χ0v) is 19.8. The first-order valence-corrected chi connectivity index (χ1v) is 11.6. The van der Waals surface area contributed by atoms with Gasteiger partial charge in [-0.05, 0) is 61.0 Å². The number of hydrazine groups is 1. The molecule has 0 spiro atoms. The fourth-order valence-corrected chi connectivity index (χ4v) is 3.83. The number of hydrogen-bond donors (Lipinski definition) is 2. The molecule has 0 aliphatic carbocycles. The maximum absolute atomic E-state index is 13.2. The molecule has 35 heavy (non-hydrogen) atoms. The predicted molar refractivity (Wildman–Crippen MR) is 132 cm³/mol. The van der Waals surface area contributed by atoms with E-state index in [2.05, 4.69) is 10.9 Å². The summed E-state index contributed by atoms with van der Waals surface area (Å²) in [5.41, 5.74) is 7.66. The Bertz CT molecular complexity index is 1190. The lowest BCUT2D eigenvalue weighted by molar-refractivity contribution is -0.125. The van der Waals surface area contributed by atoms with Crippen LogP contribution in [0.25, 0.3) is 0 Å². The molecule has 0 bridgehead atoms. The minimum atomic E-state index is -0.534. The molecule has 3 aromatic carbocycles. The monoisotopic (exact) mass is 497 g/mol. The van der Waals surface area contributed by atoms with E-state index in [0.29, 0.717) is 41.1 Å². The van der Waals surface area contributed by atoms with E-state index in [1.165, 1.54) is 29.2 Å². The van der Waals surface area contributed by atoms with Crippen molar-refractivity contribution >= 4 is 34.8 Å². The maximum Gasteiger partial charge on any atom is 0.243 e. The van der Waals surface area contributed by atoms with Crippen molar-refractivity contribution in [1.82, 2.24) is 5.43 Å². The highest BCUT2D eigenvalue weighted by Crippen LogP contribution is 2.31. The second-order valence-corrected chi connectivity index (χ2v) is 8.44. The molecule has 9 heteroatoms. The predicted octanol–water partition coefficient (Wildman–Crippen LogP) is 4.95. The number of hydrogen-bond acceptors (Lipinski definition) is 5. The summed E-state index contributed by atoms with van der Waals surface area (Å²) >= 11 is 5.92. The van der Waals surface area contributed by atoms with Crippen molar-refractivity contribution in [3.63, 3.8) is 0 Å². The first-order valence-electron chi connectivity index (χ1n) is 11.2. The molecule has 1 aliphatic heterocycles. The number of nitrogens with zero attached hydrogens (tertiary/aromatic N) is 1. The fraction of sp³-hybridized carbons (Fsp3) is 0.231. The van der Waals surface area contributed by atoms with Crippen molar-refractivity contribution in [3.8, 4) is 11.5 Å². The van der Waals surface area contributed by atoms with E-state index in [0.717, 1.165) is 5.56 Å². The molecule has 4 rings (SSSR count). The van der Waals surface area contributed by atoms with Crippen LogP contribution in [0.1, 0.15) is 18.9 Å². The van der Waals surface area contributed by atoms with Crippen LogP contribution in [0.5, 0.6) is 11.5 Å². The van der Waals surface area contributed by atoms with Crippen LogP contribution in [0, 0.1) is 11.7 Å². The van der Waals surface area contributed by atoms with Crippen LogP contribution in [0.15, 0.2) is 66.7 Å². The molecule has 1 heterocycles. The van der Waals surface area contributed by atoms with Gasteiger partial charge in [0.05, 0.1) is 18.2 Å². The Morgan fingerprint density at radius 2 is 1.80 bits per heavy atom. The Labute approximate surface area is 207 Å². The molecule has 2 amide bonds. The zero-order valence-electron chi connectivity index (χ0n) is 19.1. The Hall–Kier alpha value is -3.78. The number of carbonyl (C=O) groups is 2. The average molecular weight is 498 g/mol. The van der Waals surface area contributed by atoms with Crippen LogP contribution in [0.4, 0.5) is 15.8 Å². The van der Waals surface area contributed by atoms with Gasteiger partial charge in [0.15, 0.2) is 11.5 Å². The molecule has 182 valence electrons. The third-order valence-electron chi connectivity index (χ3n) is 5.52. The average Bonchev–Trinajstić information content (AvgIpc) is 3.25. The second-order valence-electron chi connectivity index (χ2n) is 8.01. The van der Waals surface area contributed by atoms with Crippen LogP contribution < -0.4 is 25.2 Å². The minimum Gasteiger partial charge on any atom is -0.490 e. The van der Waals surface area contributed by atoms with Gasteiger partial charge < -0.3 is 14.4 Å². The van der Waals surface area contributed by atoms with Crippen molar-refractivity contribution in [2.45, 2.75) is 20.0 Å². The number of carbonyl (C=O) groups excluding carboxylic acids is 2. The second kappa shape index (κ2) is 11.1. The Kier molecular flexibility index (Phi) is 7.72. The highest BCUT2D eigenvalue weighted by atomic mass is 35.5. The van der Waals surface area contributed by atoms with E-state index >= 15 is 0 Å². The number of ether oxygens (including phenoxy) is 2. The Balaban J connectivity index is 1.35. The number of rotatable bonds is 9. The van der Waals surface area contributed by atoms with Gasteiger partial charge in [-0.2, -0.15) is 0 Å². The lowest BCUT2D eigenvalue weighted by atomic mass is 10.1. The number of anilines is 2. The van der Waals surface area contributed by atoms with Gasteiger partial charge >= 0.3 is 0 Å². The molecular weight excluding hydrogens is 473 g/mol. The number of benzene rings is 3. The normalized spacial score (nSPS) is 15.1. The van der Waals surface area contributed by atoms with Gasteiger partial charge in [-0.3, -0.25) is 20.4 Å². The minimum absolute atomic E-state index is 0.0760. The lowest BCUT2D eigenvalue weighted by Crippen LogP contribution is -2.36. The third kappa shape index (κ3) is 6.22. The Morgan fingerprint density at radius 1 is 1.06 bits per heavy atom. The lowest BCUT2D eigenvalue weighted by Gasteiger charge is -2.17. The molecule has 1 fully saturated rings. The van der Waals surface area contributed by atoms with Crippen molar-refractivity contribution in [3.05, 3.63) is 83.1 Å². The van der Waals surface area contributed by atoms with Gasteiger partial charge in [0, 0.05) is 29.7 Å². The highest BCUT2D eigenvalue weighted by Gasteiger charge is 2.35. The van der Waals surface area contributed by atoms with Crippen LogP contribution in [-0.2, 0) is 16.2 Å². The fourth-order valence-electron chi connectivity index (χ4n) is 3.70. The molecule has 0 radical (unpaired) electrons. The van der Waals surface area contributed by atoms with E-state index in [1.54, 1.807) is 30.3 Å². The summed E-state index contributed by atoms with van der Waals surface area (Å²) in [5, 5.41) is 0.659. The van der Waals surface area contributed by atoms with E-state index in [1.807, 2.05) is 19.1 Å². The molecule has 1 saturated heterocycles. The van der Waals surface area contributed by atoms with E-state index in [4.69, 9.17) is 21.1 Å². The van der Waals surface area contributed by atoms with E-state index in [9.17, 15) is 14.0 Å². The van der Waals surface area contributed by atoms with Crippen LogP contribution >= 0.6 is 11.6 Å². The molecule has 1 aliphatic rings. The van der Waals surface area contributed by atoms with Crippen LogP contribution in [-0.4, -0.2) is 25.0 Å². The molecule has 0 unspecified atom stereocenters. The number of amides is 2. The first-order chi connectivity index (χ1) is 16.9. The summed E-state index contributed by atoms with van der Waals surface area (Å²) in [6.45, 7) is 2.88. The van der Waals surface area contributed by atoms with Crippen molar-refractivity contribution in [2.24, 2.45) is 5.92 Å². The smallest absolute Gasteiger partial charge is 0.243 e. The topological polar surface area (TPSA) is 79.9 Å². The Morgan fingerprint density at radius 3 is 2.51 bits per heavy atom. The molecule has 2 N–H and O–H groups in total. The largest absolute Gasteiger partial charge is 0.490 e. The summed E-state index contributed by atoms with van der Waals surface area (Å²) in [4.78, 5) is 26.5. The molecule has 7 nitrogen and oxygen atoms in total. The zero-order chi connectivity index (χ0) is 24.8.